The summed E-state index contributed by atoms with van der Waals surface area (Å²) in [6.45, 7) is 1.48. The predicted octanol–water partition coefficient (Wildman–Crippen LogP) is 3.62. The number of rotatable bonds is 4. The highest BCUT2D eigenvalue weighted by Crippen LogP contribution is 2.36. The van der Waals surface area contributed by atoms with Gasteiger partial charge in [0.05, 0.1) is 10.5 Å². The highest BCUT2D eigenvalue weighted by molar-refractivity contribution is 5.77. The van der Waals surface area contributed by atoms with E-state index in [1.807, 2.05) is 0 Å². The van der Waals surface area contributed by atoms with Crippen LogP contribution < -0.4 is 4.90 Å². The molecule has 9 heteroatoms. The average Bonchev–Trinajstić information content (AvgIpc) is 3.13. The molecule has 6 nitrogen and oxygen atoms in total. The number of amides is 1. The molecule has 0 N–H and O–H groups in total. The molecule has 1 aliphatic heterocycles. The lowest BCUT2D eigenvalue weighted by Gasteiger charge is -2.36. The summed E-state index contributed by atoms with van der Waals surface area (Å²) in [7, 11) is 0. The summed E-state index contributed by atoms with van der Waals surface area (Å²) in [4.78, 5) is 26.2. The van der Waals surface area contributed by atoms with E-state index in [1.165, 1.54) is 0 Å². The molecule has 0 saturated carbocycles. The molecule has 1 amide bonds. The van der Waals surface area contributed by atoms with Crippen LogP contribution in [0.2, 0.25) is 0 Å². The molecular formula is C18H20F3N3O3. The van der Waals surface area contributed by atoms with Crippen molar-refractivity contribution < 1.29 is 22.9 Å². The molecule has 1 aromatic carbocycles. The highest BCUT2D eigenvalue weighted by atomic mass is 19.4. The van der Waals surface area contributed by atoms with Crippen LogP contribution in [0.25, 0.3) is 0 Å². The number of nitro groups is 1. The van der Waals surface area contributed by atoms with Crippen molar-refractivity contribution >= 4 is 17.3 Å². The van der Waals surface area contributed by atoms with Gasteiger partial charge in [-0.25, -0.2) is 0 Å². The van der Waals surface area contributed by atoms with Gasteiger partial charge in [-0.1, -0.05) is 12.2 Å². The third kappa shape index (κ3) is 4.40. The number of nitro benzene ring substituents is 1. The second kappa shape index (κ2) is 7.58. The summed E-state index contributed by atoms with van der Waals surface area (Å²) in [5.74, 6) is 0.319. The monoisotopic (exact) mass is 383 g/mol. The van der Waals surface area contributed by atoms with Gasteiger partial charge in [0, 0.05) is 38.7 Å². The first-order chi connectivity index (χ1) is 12.8. The van der Waals surface area contributed by atoms with Crippen LogP contribution in [-0.2, 0) is 11.0 Å². The Kier molecular flexibility index (Phi) is 5.38. The number of piperazine rings is 1. The van der Waals surface area contributed by atoms with E-state index < -0.39 is 22.4 Å². The summed E-state index contributed by atoms with van der Waals surface area (Å²) in [5.41, 5.74) is -1.46. The van der Waals surface area contributed by atoms with Crippen LogP contribution in [0.15, 0.2) is 30.4 Å². The molecule has 1 aliphatic carbocycles. The molecule has 146 valence electrons. The van der Waals surface area contributed by atoms with Gasteiger partial charge in [0.1, 0.15) is 5.69 Å². The minimum atomic E-state index is -4.64. The van der Waals surface area contributed by atoms with Gasteiger partial charge in [-0.15, -0.1) is 0 Å². The van der Waals surface area contributed by atoms with Crippen molar-refractivity contribution in [3.63, 3.8) is 0 Å². The maximum Gasteiger partial charge on any atom is 0.416 e. The smallest absolute Gasteiger partial charge is 0.362 e. The van der Waals surface area contributed by atoms with Crippen LogP contribution in [0.5, 0.6) is 0 Å². The van der Waals surface area contributed by atoms with Crippen molar-refractivity contribution in [1.82, 2.24) is 4.90 Å². The molecule has 1 saturated heterocycles. The first-order valence-corrected chi connectivity index (χ1v) is 8.80. The zero-order valence-corrected chi connectivity index (χ0v) is 14.6. The fourth-order valence-electron chi connectivity index (χ4n) is 3.53. The lowest BCUT2D eigenvalue weighted by atomic mass is 10.0. The maximum absolute atomic E-state index is 12.8. The molecular weight excluding hydrogens is 363 g/mol. The molecule has 1 unspecified atom stereocenters. The standard InChI is InChI=1S/C18H20F3N3O3/c19-18(20,21)14-5-6-15(16(12-14)24(26)27)22-7-9-23(10-8-22)17(25)11-13-3-1-2-4-13/h1,3,5-6,12-13H,2,4,7-11H2. The number of carbonyl (C=O) groups excluding carboxylic acids is 1. The van der Waals surface area contributed by atoms with Crippen molar-refractivity contribution in [2.24, 2.45) is 5.92 Å². The van der Waals surface area contributed by atoms with Gasteiger partial charge in [0.15, 0.2) is 0 Å². The van der Waals surface area contributed by atoms with E-state index in [0.29, 0.717) is 38.7 Å². The number of alkyl halides is 3. The fraction of sp³-hybridized carbons (Fsp3) is 0.500. The third-order valence-corrected chi connectivity index (χ3v) is 5.02. The molecule has 0 bridgehead atoms. The van der Waals surface area contributed by atoms with Gasteiger partial charge in [0.2, 0.25) is 5.91 Å². The molecule has 0 spiro atoms. The molecule has 27 heavy (non-hydrogen) atoms. The van der Waals surface area contributed by atoms with Crippen molar-refractivity contribution in [2.75, 3.05) is 31.1 Å². The van der Waals surface area contributed by atoms with E-state index in [1.54, 1.807) is 9.80 Å². The predicted molar refractivity (Wildman–Crippen MR) is 93.4 cm³/mol. The summed E-state index contributed by atoms with van der Waals surface area (Å²) in [5, 5.41) is 11.3. The second-order valence-corrected chi connectivity index (χ2v) is 6.80. The van der Waals surface area contributed by atoms with Crippen LogP contribution in [0.4, 0.5) is 24.5 Å². The Morgan fingerprint density at radius 3 is 2.48 bits per heavy atom. The summed E-state index contributed by atoms with van der Waals surface area (Å²) in [6, 6.07) is 2.56. The average molecular weight is 383 g/mol. The minimum absolute atomic E-state index is 0.0492. The second-order valence-electron chi connectivity index (χ2n) is 6.80. The third-order valence-electron chi connectivity index (χ3n) is 5.02. The summed E-state index contributed by atoms with van der Waals surface area (Å²) >= 11 is 0. The van der Waals surface area contributed by atoms with E-state index in [0.717, 1.165) is 25.0 Å². The number of carbonyl (C=O) groups is 1. The minimum Gasteiger partial charge on any atom is -0.362 e. The first-order valence-electron chi connectivity index (χ1n) is 8.80. The molecule has 0 aromatic heterocycles. The maximum atomic E-state index is 12.8. The van der Waals surface area contributed by atoms with E-state index in [-0.39, 0.29) is 17.5 Å². The Balaban J connectivity index is 1.67. The Morgan fingerprint density at radius 2 is 1.93 bits per heavy atom. The molecule has 2 aliphatic rings. The van der Waals surface area contributed by atoms with Crippen LogP contribution in [-0.4, -0.2) is 41.9 Å². The Bertz CT molecular complexity index is 756. The molecule has 1 heterocycles. The fourth-order valence-corrected chi connectivity index (χ4v) is 3.53. The lowest BCUT2D eigenvalue weighted by Crippen LogP contribution is -2.49. The topological polar surface area (TPSA) is 66.7 Å². The molecule has 1 atom stereocenters. The number of anilines is 1. The van der Waals surface area contributed by atoms with Crippen LogP contribution >= 0.6 is 0 Å². The van der Waals surface area contributed by atoms with Gasteiger partial charge in [-0.2, -0.15) is 13.2 Å². The molecule has 1 fully saturated rings. The number of nitrogens with zero attached hydrogens (tertiary/aromatic N) is 3. The van der Waals surface area contributed by atoms with Crippen LogP contribution in [0, 0.1) is 16.0 Å². The highest BCUT2D eigenvalue weighted by Gasteiger charge is 2.34. The largest absolute Gasteiger partial charge is 0.416 e. The van der Waals surface area contributed by atoms with Crippen LogP contribution in [0.1, 0.15) is 24.8 Å². The molecule has 3 rings (SSSR count). The van der Waals surface area contributed by atoms with E-state index in [2.05, 4.69) is 12.2 Å². The van der Waals surface area contributed by atoms with Crippen LogP contribution in [0.3, 0.4) is 0 Å². The Morgan fingerprint density at radius 1 is 1.22 bits per heavy atom. The number of allylic oxidation sites excluding steroid dienone is 2. The number of benzene rings is 1. The molecule has 1 aromatic rings. The van der Waals surface area contributed by atoms with Gasteiger partial charge in [-0.05, 0) is 30.9 Å². The van der Waals surface area contributed by atoms with Gasteiger partial charge in [-0.3, -0.25) is 14.9 Å². The number of hydrogen-bond donors (Lipinski definition) is 0. The number of halogens is 3. The van der Waals surface area contributed by atoms with Gasteiger partial charge >= 0.3 is 6.18 Å². The Labute approximate surface area is 154 Å². The van der Waals surface area contributed by atoms with Gasteiger partial charge < -0.3 is 9.80 Å². The van der Waals surface area contributed by atoms with Crippen molar-refractivity contribution in [3.05, 3.63) is 46.0 Å². The number of hydrogen-bond acceptors (Lipinski definition) is 4. The Hall–Kier alpha value is -2.58. The van der Waals surface area contributed by atoms with Crippen molar-refractivity contribution in [2.45, 2.75) is 25.4 Å². The SMILES string of the molecule is O=C(CC1C=CCC1)N1CCN(c2ccc(C(F)(F)F)cc2[N+](=O)[O-])CC1. The summed E-state index contributed by atoms with van der Waals surface area (Å²) < 4.78 is 38.5. The normalized spacial score (nSPS) is 20.2. The summed E-state index contributed by atoms with van der Waals surface area (Å²) in [6.07, 6.45) is 1.91. The quantitative estimate of drug-likeness (QED) is 0.453. The molecule has 0 radical (unpaired) electrons. The van der Waals surface area contributed by atoms with Gasteiger partial charge in [0.25, 0.3) is 5.69 Å². The van der Waals surface area contributed by atoms with Crippen molar-refractivity contribution in [3.8, 4) is 0 Å². The zero-order chi connectivity index (χ0) is 19.6. The first kappa shape index (κ1) is 19.2. The van der Waals surface area contributed by atoms with E-state index >= 15 is 0 Å². The zero-order valence-electron chi connectivity index (χ0n) is 14.6. The van der Waals surface area contributed by atoms with E-state index in [9.17, 15) is 28.1 Å². The lowest BCUT2D eigenvalue weighted by molar-refractivity contribution is -0.384. The van der Waals surface area contributed by atoms with E-state index in [4.69, 9.17) is 0 Å². The van der Waals surface area contributed by atoms with Crippen molar-refractivity contribution in [1.29, 1.82) is 0 Å².